The van der Waals surface area contributed by atoms with E-state index < -0.39 is 0 Å². The number of fused-ring (bicyclic) bond motifs is 1. The lowest BCUT2D eigenvalue weighted by Gasteiger charge is -2.12. The van der Waals surface area contributed by atoms with E-state index in [0.29, 0.717) is 5.69 Å². The van der Waals surface area contributed by atoms with Gasteiger partial charge in [-0.15, -0.1) is 0 Å². The predicted octanol–water partition coefficient (Wildman–Crippen LogP) is 4.92. The topological polar surface area (TPSA) is 63.1 Å². The molecule has 0 unspecified atom stereocenters. The summed E-state index contributed by atoms with van der Waals surface area (Å²) in [6, 6.07) is 17.6. The number of hydrogen-bond acceptors (Lipinski definition) is 5. The molecule has 4 rings (SSSR count). The highest BCUT2D eigenvalue weighted by atomic mass is 32.1. The third-order valence-corrected chi connectivity index (χ3v) is 5.68. The van der Waals surface area contributed by atoms with Crippen molar-refractivity contribution in [1.82, 2.24) is 14.8 Å². The molecular formula is C22H23N5OS. The van der Waals surface area contributed by atoms with E-state index in [1.165, 1.54) is 0 Å². The molecule has 2 heterocycles. The Morgan fingerprint density at radius 1 is 1.10 bits per heavy atom. The number of nitrogens with zero attached hydrogens (tertiary/aromatic N) is 4. The molecule has 1 N–H and O–H groups in total. The molecule has 0 spiro atoms. The first-order chi connectivity index (χ1) is 13.9. The molecule has 0 radical (unpaired) electrons. The first-order valence-corrected chi connectivity index (χ1v) is 10.3. The molecule has 0 aliphatic carbocycles. The fourth-order valence-corrected chi connectivity index (χ4v) is 4.00. The standard InChI is InChI=1S/C22H23N5OS/c1-14(2)19-13-18(21(28)23-15-9-11-16(12-10-15)26(3)4)25-27(19)22-24-17-7-5-6-8-20(17)29-22/h5-14H,1-4H3,(H,23,28). The van der Waals surface area contributed by atoms with Crippen LogP contribution in [0.1, 0.15) is 35.9 Å². The lowest BCUT2D eigenvalue weighted by molar-refractivity contribution is 0.102. The molecule has 1 amide bonds. The quantitative estimate of drug-likeness (QED) is 0.512. The number of aromatic nitrogens is 3. The summed E-state index contributed by atoms with van der Waals surface area (Å²) in [5.74, 6) is -0.0280. The van der Waals surface area contributed by atoms with Gasteiger partial charge in [0.25, 0.3) is 5.91 Å². The number of nitrogens with one attached hydrogen (secondary N) is 1. The minimum atomic E-state index is -0.232. The van der Waals surface area contributed by atoms with Gasteiger partial charge in [-0.05, 0) is 48.4 Å². The summed E-state index contributed by atoms with van der Waals surface area (Å²) < 4.78 is 2.89. The first-order valence-electron chi connectivity index (χ1n) is 9.47. The van der Waals surface area contributed by atoms with E-state index in [2.05, 4.69) is 24.3 Å². The van der Waals surface area contributed by atoms with Crippen molar-refractivity contribution in [1.29, 1.82) is 0 Å². The monoisotopic (exact) mass is 405 g/mol. The van der Waals surface area contributed by atoms with Gasteiger partial charge in [-0.1, -0.05) is 37.3 Å². The number of hydrogen-bond donors (Lipinski definition) is 1. The minimum absolute atomic E-state index is 0.204. The molecule has 148 valence electrons. The van der Waals surface area contributed by atoms with Crippen LogP contribution in [0.5, 0.6) is 0 Å². The van der Waals surface area contributed by atoms with Gasteiger partial charge >= 0.3 is 0 Å². The van der Waals surface area contributed by atoms with E-state index in [1.807, 2.05) is 73.6 Å². The lowest BCUT2D eigenvalue weighted by atomic mass is 10.1. The maximum absolute atomic E-state index is 12.8. The molecule has 0 saturated carbocycles. The maximum Gasteiger partial charge on any atom is 0.276 e. The van der Waals surface area contributed by atoms with Gasteiger partial charge in [-0.2, -0.15) is 5.10 Å². The van der Waals surface area contributed by atoms with Gasteiger partial charge in [0.1, 0.15) is 0 Å². The van der Waals surface area contributed by atoms with E-state index in [-0.39, 0.29) is 11.8 Å². The number of benzene rings is 2. The van der Waals surface area contributed by atoms with Crippen molar-refractivity contribution in [3.05, 3.63) is 66.0 Å². The Morgan fingerprint density at radius 3 is 2.48 bits per heavy atom. The summed E-state index contributed by atoms with van der Waals surface area (Å²) in [4.78, 5) is 19.5. The number of carbonyl (C=O) groups excluding carboxylic acids is 1. The van der Waals surface area contributed by atoms with E-state index in [4.69, 9.17) is 4.98 Å². The van der Waals surface area contributed by atoms with E-state index in [0.717, 1.165) is 32.4 Å². The molecule has 6 nitrogen and oxygen atoms in total. The Morgan fingerprint density at radius 2 is 1.83 bits per heavy atom. The summed E-state index contributed by atoms with van der Waals surface area (Å²) in [6.07, 6.45) is 0. The van der Waals surface area contributed by atoms with Crippen LogP contribution >= 0.6 is 11.3 Å². The van der Waals surface area contributed by atoms with Crippen molar-refractivity contribution in [2.45, 2.75) is 19.8 Å². The highest BCUT2D eigenvalue weighted by Gasteiger charge is 2.19. The SMILES string of the molecule is CC(C)c1cc(C(=O)Nc2ccc(N(C)C)cc2)nn1-c1nc2ccccc2s1. The predicted molar refractivity (Wildman–Crippen MR) is 120 cm³/mol. The number of para-hydroxylation sites is 1. The average Bonchev–Trinajstić information content (AvgIpc) is 3.32. The van der Waals surface area contributed by atoms with Crippen molar-refractivity contribution in [3.63, 3.8) is 0 Å². The number of amides is 1. The van der Waals surface area contributed by atoms with Gasteiger partial charge in [0, 0.05) is 25.5 Å². The molecule has 2 aromatic carbocycles. The van der Waals surface area contributed by atoms with E-state index in [9.17, 15) is 4.79 Å². The summed E-state index contributed by atoms with van der Waals surface area (Å²) in [7, 11) is 3.96. The van der Waals surface area contributed by atoms with E-state index in [1.54, 1.807) is 16.0 Å². The largest absolute Gasteiger partial charge is 0.378 e. The van der Waals surface area contributed by atoms with Crippen molar-refractivity contribution in [3.8, 4) is 5.13 Å². The van der Waals surface area contributed by atoms with Gasteiger partial charge in [-0.25, -0.2) is 9.67 Å². The molecular weight excluding hydrogens is 382 g/mol. The molecule has 0 atom stereocenters. The third kappa shape index (κ3) is 3.86. The Kier molecular flexibility index (Phi) is 5.07. The summed E-state index contributed by atoms with van der Waals surface area (Å²) in [6.45, 7) is 4.17. The highest BCUT2D eigenvalue weighted by molar-refractivity contribution is 7.20. The second-order valence-corrected chi connectivity index (χ2v) is 8.39. The van der Waals surface area contributed by atoms with Gasteiger partial charge in [0.2, 0.25) is 5.13 Å². The lowest BCUT2D eigenvalue weighted by Crippen LogP contribution is -2.13. The minimum Gasteiger partial charge on any atom is -0.378 e. The molecule has 7 heteroatoms. The van der Waals surface area contributed by atoms with Crippen LogP contribution in [0.2, 0.25) is 0 Å². The zero-order valence-corrected chi connectivity index (χ0v) is 17.7. The van der Waals surface area contributed by atoms with Crippen LogP contribution < -0.4 is 10.2 Å². The summed E-state index contributed by atoms with van der Waals surface area (Å²) >= 11 is 1.57. The molecule has 4 aromatic rings. The third-order valence-electron chi connectivity index (χ3n) is 4.67. The summed E-state index contributed by atoms with van der Waals surface area (Å²) in [5.41, 5.74) is 4.08. The second kappa shape index (κ2) is 7.67. The first kappa shape index (κ1) is 19.1. The van der Waals surface area contributed by atoms with Gasteiger partial charge in [0.05, 0.1) is 15.9 Å². The zero-order chi connectivity index (χ0) is 20.5. The Bertz CT molecular complexity index is 1120. The van der Waals surface area contributed by atoms with Crippen LogP contribution in [0, 0.1) is 0 Å². The molecule has 0 saturated heterocycles. The van der Waals surface area contributed by atoms with Crippen molar-refractivity contribution < 1.29 is 4.79 Å². The molecule has 2 aromatic heterocycles. The highest BCUT2D eigenvalue weighted by Crippen LogP contribution is 2.28. The van der Waals surface area contributed by atoms with E-state index >= 15 is 0 Å². The van der Waals surface area contributed by atoms with Crippen molar-refractivity contribution in [2.75, 3.05) is 24.3 Å². The Labute approximate surface area is 173 Å². The number of rotatable bonds is 5. The molecule has 0 aliphatic rings. The van der Waals surface area contributed by atoms with Crippen LogP contribution in [-0.2, 0) is 0 Å². The van der Waals surface area contributed by atoms with Crippen molar-refractivity contribution in [2.24, 2.45) is 0 Å². The fourth-order valence-electron chi connectivity index (χ4n) is 3.06. The molecule has 29 heavy (non-hydrogen) atoms. The maximum atomic E-state index is 12.8. The smallest absolute Gasteiger partial charge is 0.276 e. The summed E-state index contributed by atoms with van der Waals surface area (Å²) in [5, 5.41) is 8.28. The van der Waals surface area contributed by atoms with Gasteiger partial charge in [0.15, 0.2) is 5.69 Å². The van der Waals surface area contributed by atoms with Crippen LogP contribution in [0.4, 0.5) is 11.4 Å². The van der Waals surface area contributed by atoms with Crippen LogP contribution in [0.15, 0.2) is 54.6 Å². The van der Waals surface area contributed by atoms with Gasteiger partial charge in [-0.3, -0.25) is 4.79 Å². The number of anilines is 2. The molecule has 0 bridgehead atoms. The average molecular weight is 406 g/mol. The Hall–Kier alpha value is -3.19. The molecule has 0 fully saturated rings. The Balaban J connectivity index is 1.64. The van der Waals surface area contributed by atoms with Crippen LogP contribution in [0.3, 0.4) is 0 Å². The number of carbonyl (C=O) groups is 1. The van der Waals surface area contributed by atoms with Crippen molar-refractivity contribution >= 4 is 38.8 Å². The normalized spacial score (nSPS) is 11.2. The second-order valence-electron chi connectivity index (χ2n) is 7.38. The van der Waals surface area contributed by atoms with Gasteiger partial charge < -0.3 is 10.2 Å². The fraction of sp³-hybridized carbons (Fsp3) is 0.227. The van der Waals surface area contributed by atoms with Crippen LogP contribution in [0.25, 0.3) is 15.3 Å². The van der Waals surface area contributed by atoms with Crippen LogP contribution in [-0.4, -0.2) is 34.8 Å². The zero-order valence-electron chi connectivity index (χ0n) is 16.9. The molecule has 0 aliphatic heterocycles. The number of thiazole rings is 1.